The van der Waals surface area contributed by atoms with Gasteiger partial charge in [-0.3, -0.25) is 0 Å². The standard InChI is InChI=1S/C17H22ClN3/c1-12-7-8-16(9-17(12)18)21-13(2)14(11-20-21)10-19-15-5-3-4-6-15/h7-9,11,15,19H,3-6,10H2,1-2H3. The summed E-state index contributed by atoms with van der Waals surface area (Å²) in [6.45, 7) is 5.03. The SMILES string of the molecule is Cc1ccc(-n2ncc(CNC3CCCC3)c2C)cc1Cl. The molecule has 0 saturated heterocycles. The van der Waals surface area contributed by atoms with Crippen LogP contribution in [0.15, 0.2) is 24.4 Å². The van der Waals surface area contributed by atoms with Crippen LogP contribution in [0.25, 0.3) is 5.69 Å². The highest BCUT2D eigenvalue weighted by molar-refractivity contribution is 6.31. The molecule has 0 radical (unpaired) electrons. The van der Waals surface area contributed by atoms with Crippen molar-refractivity contribution in [3.63, 3.8) is 0 Å². The van der Waals surface area contributed by atoms with Gasteiger partial charge in [-0.25, -0.2) is 4.68 Å². The molecule has 0 bridgehead atoms. The molecule has 0 spiro atoms. The molecule has 1 N–H and O–H groups in total. The summed E-state index contributed by atoms with van der Waals surface area (Å²) in [5.41, 5.74) is 4.56. The predicted octanol–water partition coefficient (Wildman–Crippen LogP) is 4.17. The molecular formula is C17H22ClN3. The summed E-state index contributed by atoms with van der Waals surface area (Å²) in [4.78, 5) is 0. The fourth-order valence-electron chi connectivity index (χ4n) is 2.98. The number of hydrogen-bond acceptors (Lipinski definition) is 2. The van der Waals surface area contributed by atoms with Crippen molar-refractivity contribution in [2.45, 2.75) is 52.1 Å². The lowest BCUT2D eigenvalue weighted by atomic mass is 10.2. The van der Waals surface area contributed by atoms with E-state index < -0.39 is 0 Å². The second kappa shape index (κ2) is 6.20. The van der Waals surface area contributed by atoms with Gasteiger partial charge in [0, 0.05) is 28.9 Å². The first kappa shape index (κ1) is 14.6. The van der Waals surface area contributed by atoms with Gasteiger partial charge in [-0.1, -0.05) is 30.5 Å². The van der Waals surface area contributed by atoms with E-state index in [4.69, 9.17) is 11.6 Å². The maximum atomic E-state index is 6.22. The number of benzene rings is 1. The van der Waals surface area contributed by atoms with Crippen LogP contribution in [-0.2, 0) is 6.54 Å². The number of nitrogens with one attached hydrogen (secondary N) is 1. The maximum Gasteiger partial charge on any atom is 0.0663 e. The molecule has 1 aromatic carbocycles. The van der Waals surface area contributed by atoms with Crippen LogP contribution in [0.1, 0.15) is 42.5 Å². The topological polar surface area (TPSA) is 29.9 Å². The fourth-order valence-corrected chi connectivity index (χ4v) is 3.15. The van der Waals surface area contributed by atoms with E-state index in [9.17, 15) is 0 Å². The molecule has 0 aliphatic heterocycles. The smallest absolute Gasteiger partial charge is 0.0663 e. The number of aryl methyl sites for hydroxylation is 1. The van der Waals surface area contributed by atoms with Crippen molar-refractivity contribution in [1.82, 2.24) is 15.1 Å². The zero-order chi connectivity index (χ0) is 14.8. The van der Waals surface area contributed by atoms with Crippen LogP contribution in [0.4, 0.5) is 0 Å². The summed E-state index contributed by atoms with van der Waals surface area (Å²) in [7, 11) is 0. The van der Waals surface area contributed by atoms with Crippen molar-refractivity contribution < 1.29 is 0 Å². The highest BCUT2D eigenvalue weighted by Gasteiger charge is 2.15. The molecule has 3 rings (SSSR count). The van der Waals surface area contributed by atoms with Gasteiger partial charge in [0.2, 0.25) is 0 Å². The van der Waals surface area contributed by atoms with Gasteiger partial charge in [0.1, 0.15) is 0 Å². The van der Waals surface area contributed by atoms with E-state index in [0.29, 0.717) is 6.04 Å². The lowest BCUT2D eigenvalue weighted by Crippen LogP contribution is -2.25. The quantitative estimate of drug-likeness (QED) is 0.918. The lowest BCUT2D eigenvalue weighted by molar-refractivity contribution is 0.523. The molecule has 1 heterocycles. The first-order valence-electron chi connectivity index (χ1n) is 7.68. The molecular weight excluding hydrogens is 282 g/mol. The van der Waals surface area contributed by atoms with Crippen LogP contribution in [-0.4, -0.2) is 15.8 Å². The molecule has 1 saturated carbocycles. The van der Waals surface area contributed by atoms with E-state index in [1.165, 1.54) is 36.9 Å². The highest BCUT2D eigenvalue weighted by Crippen LogP contribution is 2.22. The van der Waals surface area contributed by atoms with Gasteiger partial charge in [0.25, 0.3) is 0 Å². The summed E-state index contributed by atoms with van der Waals surface area (Å²) in [6.07, 6.45) is 7.29. The Kier molecular flexibility index (Phi) is 4.32. The largest absolute Gasteiger partial charge is 0.310 e. The average Bonchev–Trinajstić information content (AvgIpc) is 3.10. The first-order valence-corrected chi connectivity index (χ1v) is 8.06. The molecule has 1 aliphatic carbocycles. The average molecular weight is 304 g/mol. The Bertz CT molecular complexity index is 627. The molecule has 4 heteroatoms. The van der Waals surface area contributed by atoms with Crippen LogP contribution in [0.2, 0.25) is 5.02 Å². The van der Waals surface area contributed by atoms with Crippen molar-refractivity contribution >= 4 is 11.6 Å². The third-order valence-corrected chi connectivity index (χ3v) is 4.86. The molecule has 0 amide bonds. The van der Waals surface area contributed by atoms with Gasteiger partial charge in [0.05, 0.1) is 11.9 Å². The van der Waals surface area contributed by atoms with Crippen molar-refractivity contribution in [1.29, 1.82) is 0 Å². The number of hydrogen-bond donors (Lipinski definition) is 1. The Morgan fingerprint density at radius 3 is 2.76 bits per heavy atom. The molecule has 0 atom stereocenters. The Labute approximate surface area is 131 Å². The predicted molar refractivity (Wildman–Crippen MR) is 87.1 cm³/mol. The second-order valence-electron chi connectivity index (χ2n) is 5.96. The summed E-state index contributed by atoms with van der Waals surface area (Å²) >= 11 is 6.22. The van der Waals surface area contributed by atoms with Gasteiger partial charge < -0.3 is 5.32 Å². The third-order valence-electron chi connectivity index (χ3n) is 4.45. The molecule has 1 fully saturated rings. The number of rotatable bonds is 4. The Morgan fingerprint density at radius 2 is 2.05 bits per heavy atom. The van der Waals surface area contributed by atoms with Gasteiger partial charge in [-0.05, 0) is 44.4 Å². The Balaban J connectivity index is 1.76. The first-order chi connectivity index (χ1) is 10.1. The minimum absolute atomic E-state index is 0.682. The monoisotopic (exact) mass is 303 g/mol. The van der Waals surface area contributed by atoms with Gasteiger partial charge in [-0.2, -0.15) is 5.10 Å². The zero-order valence-corrected chi connectivity index (χ0v) is 13.5. The van der Waals surface area contributed by atoms with Crippen LogP contribution in [0.5, 0.6) is 0 Å². The van der Waals surface area contributed by atoms with E-state index in [0.717, 1.165) is 22.8 Å². The van der Waals surface area contributed by atoms with E-state index >= 15 is 0 Å². The van der Waals surface area contributed by atoms with Crippen LogP contribution < -0.4 is 5.32 Å². The van der Waals surface area contributed by atoms with Crippen molar-refractivity contribution in [3.05, 3.63) is 46.2 Å². The molecule has 1 aliphatic rings. The number of aromatic nitrogens is 2. The zero-order valence-electron chi connectivity index (χ0n) is 12.7. The summed E-state index contributed by atoms with van der Waals surface area (Å²) in [5, 5.41) is 8.95. The Morgan fingerprint density at radius 1 is 1.29 bits per heavy atom. The van der Waals surface area contributed by atoms with Crippen molar-refractivity contribution in [3.8, 4) is 5.69 Å². The molecule has 0 unspecified atom stereocenters. The summed E-state index contributed by atoms with van der Waals surface area (Å²) in [6, 6.07) is 6.76. The Hall–Kier alpha value is -1.32. The van der Waals surface area contributed by atoms with Crippen molar-refractivity contribution in [2.24, 2.45) is 0 Å². The third kappa shape index (κ3) is 3.14. The minimum atomic E-state index is 0.682. The van der Waals surface area contributed by atoms with E-state index in [2.05, 4.69) is 23.4 Å². The van der Waals surface area contributed by atoms with E-state index in [1.807, 2.05) is 29.9 Å². The summed E-state index contributed by atoms with van der Waals surface area (Å²) < 4.78 is 1.97. The highest BCUT2D eigenvalue weighted by atomic mass is 35.5. The number of halogens is 1. The molecule has 3 nitrogen and oxygen atoms in total. The van der Waals surface area contributed by atoms with E-state index in [-0.39, 0.29) is 0 Å². The van der Waals surface area contributed by atoms with E-state index in [1.54, 1.807) is 0 Å². The lowest BCUT2D eigenvalue weighted by Gasteiger charge is -2.11. The van der Waals surface area contributed by atoms with Gasteiger partial charge in [0.15, 0.2) is 0 Å². The van der Waals surface area contributed by atoms with Crippen LogP contribution in [0, 0.1) is 13.8 Å². The van der Waals surface area contributed by atoms with Crippen LogP contribution in [0.3, 0.4) is 0 Å². The molecule has 2 aromatic rings. The molecule has 21 heavy (non-hydrogen) atoms. The molecule has 1 aromatic heterocycles. The normalized spacial score (nSPS) is 15.8. The fraction of sp³-hybridized carbons (Fsp3) is 0.471. The number of nitrogens with zero attached hydrogens (tertiary/aromatic N) is 2. The maximum absolute atomic E-state index is 6.22. The second-order valence-corrected chi connectivity index (χ2v) is 6.37. The van der Waals surface area contributed by atoms with Gasteiger partial charge in [-0.15, -0.1) is 0 Å². The summed E-state index contributed by atoms with van der Waals surface area (Å²) in [5.74, 6) is 0. The van der Waals surface area contributed by atoms with Crippen molar-refractivity contribution in [2.75, 3.05) is 0 Å². The minimum Gasteiger partial charge on any atom is -0.310 e. The molecule has 112 valence electrons. The van der Waals surface area contributed by atoms with Gasteiger partial charge >= 0.3 is 0 Å². The van der Waals surface area contributed by atoms with Crippen LogP contribution >= 0.6 is 11.6 Å².